The van der Waals surface area contributed by atoms with Crippen molar-refractivity contribution in [2.24, 2.45) is 5.41 Å². The van der Waals surface area contributed by atoms with Gasteiger partial charge in [-0.2, -0.15) is 0 Å². The van der Waals surface area contributed by atoms with E-state index >= 15 is 0 Å². The summed E-state index contributed by atoms with van der Waals surface area (Å²) in [4.78, 5) is 13.8. The highest BCUT2D eigenvalue weighted by molar-refractivity contribution is 5.75. The van der Waals surface area contributed by atoms with Crippen molar-refractivity contribution >= 4 is 5.97 Å². The minimum Gasteiger partial charge on any atom is -0.481 e. The molecule has 104 valence electrons. The number of carboxylic acids is 1. The van der Waals surface area contributed by atoms with Gasteiger partial charge in [0.1, 0.15) is 0 Å². The van der Waals surface area contributed by atoms with Crippen LogP contribution in [0.5, 0.6) is 0 Å². The molecule has 1 aliphatic carbocycles. The second-order valence-electron chi connectivity index (χ2n) is 5.80. The van der Waals surface area contributed by atoms with Gasteiger partial charge in [-0.1, -0.05) is 49.6 Å². The Morgan fingerprint density at radius 3 is 2.42 bits per heavy atom. The Hall–Kier alpha value is -1.35. The van der Waals surface area contributed by atoms with Crippen LogP contribution < -0.4 is 0 Å². The van der Waals surface area contributed by atoms with E-state index in [9.17, 15) is 9.90 Å². The van der Waals surface area contributed by atoms with Crippen LogP contribution in [0, 0.1) is 5.41 Å². The van der Waals surface area contributed by atoms with E-state index in [0.29, 0.717) is 6.54 Å². The summed E-state index contributed by atoms with van der Waals surface area (Å²) in [5.41, 5.74) is 0.711. The maximum Gasteiger partial charge on any atom is 0.310 e. The lowest BCUT2D eigenvalue weighted by Gasteiger charge is -2.36. The van der Waals surface area contributed by atoms with E-state index in [-0.39, 0.29) is 0 Å². The SMILES string of the molecule is CN(Cc1ccccc1)CC1(C(=O)O)CCCCC1. The molecule has 0 saturated heterocycles. The van der Waals surface area contributed by atoms with Crippen molar-refractivity contribution in [1.82, 2.24) is 4.90 Å². The van der Waals surface area contributed by atoms with Gasteiger partial charge in [0.05, 0.1) is 5.41 Å². The Balaban J connectivity index is 1.99. The molecule has 0 spiro atoms. The van der Waals surface area contributed by atoms with E-state index in [1.807, 2.05) is 25.2 Å². The molecule has 1 aromatic carbocycles. The fourth-order valence-corrected chi connectivity index (χ4v) is 3.14. The molecular formula is C16H23NO2. The van der Waals surface area contributed by atoms with Crippen molar-refractivity contribution in [2.75, 3.05) is 13.6 Å². The standard InChI is InChI=1S/C16H23NO2/c1-17(12-14-8-4-2-5-9-14)13-16(15(18)19)10-6-3-7-11-16/h2,4-5,8-9H,3,6-7,10-13H2,1H3,(H,18,19). The van der Waals surface area contributed by atoms with Gasteiger partial charge in [0, 0.05) is 13.1 Å². The summed E-state index contributed by atoms with van der Waals surface area (Å²) in [6.45, 7) is 1.47. The lowest BCUT2D eigenvalue weighted by atomic mass is 9.73. The minimum atomic E-state index is -0.618. The third kappa shape index (κ3) is 3.57. The molecule has 1 saturated carbocycles. The van der Waals surface area contributed by atoms with Crippen LogP contribution in [-0.4, -0.2) is 29.6 Å². The van der Waals surface area contributed by atoms with Crippen molar-refractivity contribution in [3.8, 4) is 0 Å². The van der Waals surface area contributed by atoms with E-state index < -0.39 is 11.4 Å². The number of carbonyl (C=O) groups is 1. The zero-order valence-electron chi connectivity index (χ0n) is 11.6. The monoisotopic (exact) mass is 261 g/mol. The summed E-state index contributed by atoms with van der Waals surface area (Å²) in [7, 11) is 2.02. The maximum atomic E-state index is 11.6. The number of carboxylic acid groups (broad SMARTS) is 1. The van der Waals surface area contributed by atoms with Gasteiger partial charge < -0.3 is 10.0 Å². The highest BCUT2D eigenvalue weighted by Gasteiger charge is 2.40. The molecule has 0 aromatic heterocycles. The molecule has 1 fully saturated rings. The number of hydrogen-bond donors (Lipinski definition) is 1. The predicted molar refractivity (Wildman–Crippen MR) is 75.9 cm³/mol. The molecule has 0 aliphatic heterocycles. The van der Waals surface area contributed by atoms with E-state index in [2.05, 4.69) is 17.0 Å². The summed E-state index contributed by atoms with van der Waals surface area (Å²) in [6, 6.07) is 10.2. The Labute approximate surface area is 115 Å². The molecule has 3 heteroatoms. The average Bonchev–Trinajstić information content (AvgIpc) is 2.40. The highest BCUT2D eigenvalue weighted by atomic mass is 16.4. The molecule has 0 atom stereocenters. The second kappa shape index (κ2) is 6.20. The Bertz CT molecular complexity index is 410. The Morgan fingerprint density at radius 2 is 1.84 bits per heavy atom. The third-order valence-corrected chi connectivity index (χ3v) is 4.13. The molecule has 1 aliphatic rings. The lowest BCUT2D eigenvalue weighted by molar-refractivity contribution is -0.152. The number of rotatable bonds is 5. The number of benzene rings is 1. The van der Waals surface area contributed by atoms with Crippen LogP contribution in [0.15, 0.2) is 30.3 Å². The van der Waals surface area contributed by atoms with Gasteiger partial charge in [0.25, 0.3) is 0 Å². The second-order valence-corrected chi connectivity index (χ2v) is 5.80. The van der Waals surface area contributed by atoms with Gasteiger partial charge >= 0.3 is 5.97 Å². The summed E-state index contributed by atoms with van der Waals surface area (Å²) in [5.74, 6) is -0.618. The summed E-state index contributed by atoms with van der Waals surface area (Å²) in [6.07, 6.45) is 4.91. The normalized spacial score (nSPS) is 18.4. The van der Waals surface area contributed by atoms with E-state index in [0.717, 1.165) is 32.2 Å². The van der Waals surface area contributed by atoms with Crippen molar-refractivity contribution in [2.45, 2.75) is 38.6 Å². The van der Waals surface area contributed by atoms with Crippen LogP contribution in [-0.2, 0) is 11.3 Å². The predicted octanol–water partition coefficient (Wildman–Crippen LogP) is 3.15. The van der Waals surface area contributed by atoms with Gasteiger partial charge in [-0.05, 0) is 25.5 Å². The molecular weight excluding hydrogens is 238 g/mol. The third-order valence-electron chi connectivity index (χ3n) is 4.13. The first-order chi connectivity index (χ1) is 9.12. The number of aliphatic carboxylic acids is 1. The first-order valence-corrected chi connectivity index (χ1v) is 7.08. The molecule has 2 rings (SSSR count). The smallest absolute Gasteiger partial charge is 0.310 e. The zero-order valence-corrected chi connectivity index (χ0v) is 11.6. The number of hydrogen-bond acceptors (Lipinski definition) is 2. The summed E-state index contributed by atoms with van der Waals surface area (Å²) in [5, 5.41) is 9.58. The molecule has 19 heavy (non-hydrogen) atoms. The highest BCUT2D eigenvalue weighted by Crippen LogP contribution is 2.37. The molecule has 0 heterocycles. The Morgan fingerprint density at radius 1 is 1.21 bits per heavy atom. The van der Waals surface area contributed by atoms with Crippen molar-refractivity contribution in [3.05, 3.63) is 35.9 Å². The molecule has 0 radical (unpaired) electrons. The molecule has 3 nitrogen and oxygen atoms in total. The molecule has 1 aromatic rings. The fraction of sp³-hybridized carbons (Fsp3) is 0.562. The summed E-state index contributed by atoms with van der Waals surface area (Å²) < 4.78 is 0. The lowest BCUT2D eigenvalue weighted by Crippen LogP contribution is -2.43. The molecule has 0 bridgehead atoms. The van der Waals surface area contributed by atoms with Gasteiger partial charge in [-0.15, -0.1) is 0 Å². The van der Waals surface area contributed by atoms with Crippen LogP contribution in [0.4, 0.5) is 0 Å². The van der Waals surface area contributed by atoms with Crippen molar-refractivity contribution in [1.29, 1.82) is 0 Å². The summed E-state index contributed by atoms with van der Waals surface area (Å²) >= 11 is 0. The largest absolute Gasteiger partial charge is 0.481 e. The van der Waals surface area contributed by atoms with Crippen molar-refractivity contribution in [3.63, 3.8) is 0 Å². The van der Waals surface area contributed by atoms with Crippen LogP contribution in [0.1, 0.15) is 37.7 Å². The van der Waals surface area contributed by atoms with Crippen LogP contribution in [0.2, 0.25) is 0 Å². The maximum absolute atomic E-state index is 11.6. The zero-order chi connectivity index (χ0) is 13.7. The van der Waals surface area contributed by atoms with Crippen LogP contribution in [0.25, 0.3) is 0 Å². The van der Waals surface area contributed by atoms with Gasteiger partial charge in [0.2, 0.25) is 0 Å². The Kier molecular flexibility index (Phi) is 4.59. The first-order valence-electron chi connectivity index (χ1n) is 7.08. The minimum absolute atomic E-state index is 0.526. The van der Waals surface area contributed by atoms with Crippen molar-refractivity contribution < 1.29 is 9.90 Å². The van der Waals surface area contributed by atoms with Gasteiger partial charge in [-0.25, -0.2) is 0 Å². The molecule has 0 unspecified atom stereocenters. The van der Waals surface area contributed by atoms with E-state index in [4.69, 9.17) is 0 Å². The van der Waals surface area contributed by atoms with Gasteiger partial charge in [0.15, 0.2) is 0 Å². The van der Waals surface area contributed by atoms with Crippen LogP contribution in [0.3, 0.4) is 0 Å². The van der Waals surface area contributed by atoms with Gasteiger partial charge in [-0.3, -0.25) is 4.79 Å². The van der Waals surface area contributed by atoms with E-state index in [1.54, 1.807) is 0 Å². The molecule has 1 N–H and O–H groups in total. The van der Waals surface area contributed by atoms with E-state index in [1.165, 1.54) is 12.0 Å². The first kappa shape index (κ1) is 14.1. The molecule has 0 amide bonds. The van der Waals surface area contributed by atoms with Crippen LogP contribution >= 0.6 is 0 Å². The number of nitrogens with zero attached hydrogens (tertiary/aromatic N) is 1. The fourth-order valence-electron chi connectivity index (χ4n) is 3.14. The quantitative estimate of drug-likeness (QED) is 0.885. The average molecular weight is 261 g/mol. The topological polar surface area (TPSA) is 40.5 Å².